The summed E-state index contributed by atoms with van der Waals surface area (Å²) >= 11 is 5.49. The second kappa shape index (κ2) is 18.5. The Bertz CT molecular complexity index is 1900. The van der Waals surface area contributed by atoms with E-state index >= 15 is 0 Å². The van der Waals surface area contributed by atoms with Gasteiger partial charge in [-0.05, 0) is 44.0 Å². The first-order valence-electron chi connectivity index (χ1n) is 16.9. The van der Waals surface area contributed by atoms with Crippen molar-refractivity contribution in [1.82, 2.24) is 0 Å². The van der Waals surface area contributed by atoms with Crippen molar-refractivity contribution in [3.8, 4) is 22.3 Å². The van der Waals surface area contributed by atoms with Crippen LogP contribution in [0.3, 0.4) is 0 Å². The third-order valence-electron chi connectivity index (χ3n) is 8.54. The topological polar surface area (TPSA) is 0 Å². The number of rotatable bonds is 3. The van der Waals surface area contributed by atoms with Gasteiger partial charge in [-0.25, -0.2) is 0 Å². The summed E-state index contributed by atoms with van der Waals surface area (Å²) in [5.41, 5.74) is 11.0. The molecule has 0 amide bonds. The Morgan fingerprint density at radius 2 is 1.12 bits per heavy atom. The average molecular weight is 806 g/mol. The van der Waals surface area contributed by atoms with E-state index in [1.54, 1.807) is 0 Å². The van der Waals surface area contributed by atoms with Gasteiger partial charge in [-0.3, -0.25) is 0 Å². The van der Waals surface area contributed by atoms with Crippen LogP contribution in [-0.2, 0) is 31.7 Å². The number of halogens is 3. The van der Waals surface area contributed by atoms with Gasteiger partial charge in [-0.1, -0.05) is 153 Å². The fourth-order valence-electron chi connectivity index (χ4n) is 5.80. The van der Waals surface area contributed by atoms with Gasteiger partial charge in [0.1, 0.15) is 0 Å². The Balaban J connectivity index is 0.000000229. The van der Waals surface area contributed by atoms with Crippen LogP contribution in [0.25, 0.3) is 43.8 Å². The fraction of sp³-hybridized carbons (Fsp3) is 0.318. The molecule has 0 aliphatic rings. The molecule has 0 bridgehead atoms. The summed E-state index contributed by atoms with van der Waals surface area (Å²) < 4.78 is 0. The molecule has 0 heterocycles. The van der Waals surface area contributed by atoms with Crippen molar-refractivity contribution in [2.45, 2.75) is 92.2 Å². The van der Waals surface area contributed by atoms with E-state index < -0.39 is 20.8 Å². The van der Waals surface area contributed by atoms with E-state index in [2.05, 4.69) is 172 Å². The molecule has 0 saturated carbocycles. The number of hydrogen-bond acceptors (Lipinski definition) is 0. The predicted octanol–water partition coefficient (Wildman–Crippen LogP) is 15.3. The van der Waals surface area contributed by atoms with Crippen LogP contribution in [0, 0.1) is 6.92 Å². The van der Waals surface area contributed by atoms with Gasteiger partial charge < -0.3 is 0 Å². The van der Waals surface area contributed by atoms with Crippen LogP contribution in [0.5, 0.6) is 0 Å². The number of fused-ring (bicyclic) bond motifs is 2. The molecule has 6 aromatic rings. The summed E-state index contributed by atoms with van der Waals surface area (Å²) in [6.07, 6.45) is 0. The molecule has 0 saturated heterocycles. The molecular weight excluding hydrogens is 754 g/mol. The van der Waals surface area contributed by atoms with Gasteiger partial charge in [0.2, 0.25) is 0 Å². The molecule has 49 heavy (non-hydrogen) atoms. The van der Waals surface area contributed by atoms with E-state index in [-0.39, 0.29) is 10.8 Å². The molecule has 256 valence electrons. The third-order valence-corrected chi connectivity index (χ3v) is 8.87. The maximum atomic E-state index is 6.31. The van der Waals surface area contributed by atoms with Crippen molar-refractivity contribution >= 4 is 59.7 Å². The summed E-state index contributed by atoms with van der Waals surface area (Å²) in [5.74, 6) is 0.573. The molecule has 6 rings (SSSR count). The third kappa shape index (κ3) is 11.3. The van der Waals surface area contributed by atoms with Crippen molar-refractivity contribution in [2.75, 3.05) is 0 Å². The molecule has 0 aliphatic carbocycles. The zero-order valence-electron chi connectivity index (χ0n) is 31.0. The summed E-state index contributed by atoms with van der Waals surface area (Å²) in [4.78, 5) is 0. The van der Waals surface area contributed by atoms with E-state index in [0.29, 0.717) is 5.92 Å². The van der Waals surface area contributed by atoms with Crippen LogP contribution in [0.1, 0.15) is 83.6 Å². The van der Waals surface area contributed by atoms with Crippen molar-refractivity contribution in [3.63, 3.8) is 0 Å². The SMILES string of the molecule is CC(C)c1cc2c(-c3ccc(C(C)(C)C)cc3)cccc2[cH-]1.C[Si]C.Cc1cc2c(-c3ccc(C(C)(C)C)cc3)ccc(Cl)c2[cH-]1.[Cl][Zr+2][Cl]. The summed E-state index contributed by atoms with van der Waals surface area (Å²) in [5, 5.41) is 5.93. The van der Waals surface area contributed by atoms with Crippen LogP contribution in [-0.4, -0.2) is 9.52 Å². The summed E-state index contributed by atoms with van der Waals surface area (Å²) in [6.45, 7) is 24.4. The van der Waals surface area contributed by atoms with E-state index in [0.717, 1.165) is 19.9 Å². The van der Waals surface area contributed by atoms with E-state index in [9.17, 15) is 0 Å². The zero-order valence-corrected chi connectivity index (χ0v) is 36.8. The monoisotopic (exact) mass is 802 g/mol. The minimum absolute atomic E-state index is 0.185. The average Bonchev–Trinajstić information content (AvgIpc) is 3.66. The van der Waals surface area contributed by atoms with Crippen LogP contribution >= 0.6 is 28.6 Å². The molecule has 0 unspecified atom stereocenters. The van der Waals surface area contributed by atoms with Gasteiger partial charge in [-0.15, -0.1) is 68.5 Å². The van der Waals surface area contributed by atoms with E-state index in [4.69, 9.17) is 28.6 Å². The zero-order chi connectivity index (χ0) is 36.5. The van der Waals surface area contributed by atoms with Gasteiger partial charge in [0.25, 0.3) is 0 Å². The van der Waals surface area contributed by atoms with Crippen LogP contribution < -0.4 is 0 Å². The van der Waals surface area contributed by atoms with Gasteiger partial charge in [0, 0.05) is 9.52 Å². The molecule has 6 aromatic carbocycles. The van der Waals surface area contributed by atoms with Crippen molar-refractivity contribution < 1.29 is 20.8 Å². The van der Waals surface area contributed by atoms with Crippen LogP contribution in [0.2, 0.25) is 18.1 Å². The fourth-order valence-corrected chi connectivity index (χ4v) is 6.02. The van der Waals surface area contributed by atoms with Gasteiger partial charge in [0.15, 0.2) is 0 Å². The maximum absolute atomic E-state index is 6.31. The summed E-state index contributed by atoms with van der Waals surface area (Å²) in [7, 11) is 11.0. The Labute approximate surface area is 322 Å². The molecule has 0 spiro atoms. The van der Waals surface area contributed by atoms with E-state index in [1.165, 1.54) is 60.7 Å². The molecule has 5 heteroatoms. The predicted molar refractivity (Wildman–Crippen MR) is 220 cm³/mol. The first-order valence-corrected chi connectivity index (χ1v) is 25.6. The molecule has 0 atom stereocenters. The molecule has 0 N–H and O–H groups in total. The second-order valence-electron chi connectivity index (χ2n) is 14.9. The molecular formula is C44H51Cl3SiZr. The molecule has 2 radical (unpaired) electrons. The Hall–Kier alpha value is -1.93. The minimum atomic E-state index is -0.826. The molecule has 0 aromatic heterocycles. The van der Waals surface area contributed by atoms with Crippen molar-refractivity contribution in [1.29, 1.82) is 0 Å². The van der Waals surface area contributed by atoms with Crippen molar-refractivity contribution in [2.24, 2.45) is 0 Å². The van der Waals surface area contributed by atoms with Gasteiger partial charge >= 0.3 is 37.9 Å². The Kier molecular flexibility index (Phi) is 15.7. The molecule has 0 aliphatic heterocycles. The molecule has 0 fully saturated rings. The van der Waals surface area contributed by atoms with Gasteiger partial charge in [0.05, 0.1) is 0 Å². The number of benzene rings is 4. The first-order chi connectivity index (χ1) is 23.0. The van der Waals surface area contributed by atoms with Gasteiger partial charge in [-0.2, -0.15) is 12.1 Å². The normalized spacial score (nSPS) is 11.2. The van der Waals surface area contributed by atoms with Crippen LogP contribution in [0.15, 0.2) is 103 Å². The van der Waals surface area contributed by atoms with E-state index in [1.807, 2.05) is 6.07 Å². The standard InChI is InChI=1S/C22H25.C20H20Cl.C2H6Si.2ClH.Zr/c1-15(2)18-13-17-7-6-8-20(21(17)14-18)16-9-11-19(12-10-16)22(3,4)5;1-13-11-17-16(9-10-19(21)18(17)12-13)14-5-7-15(8-6-14)20(2,3)4;1-3-2;;;/h6-15H,1-5H3;5-12H,1-4H3;1-2H3;2*1H;/q2*-1;;;;+4/p-2. The number of hydrogen-bond donors (Lipinski definition) is 0. The van der Waals surface area contributed by atoms with Crippen LogP contribution in [0.4, 0.5) is 0 Å². The summed E-state index contributed by atoms with van der Waals surface area (Å²) in [6, 6.07) is 37.7. The van der Waals surface area contributed by atoms with Crippen molar-refractivity contribution in [3.05, 3.63) is 130 Å². The first kappa shape index (κ1) is 41.5. The quantitative estimate of drug-likeness (QED) is 0.123. The second-order valence-corrected chi connectivity index (χ2v) is 20.1. The number of aryl methyl sites for hydroxylation is 1. The molecule has 0 nitrogen and oxygen atoms in total. The Morgan fingerprint density at radius 1 is 0.653 bits per heavy atom. The Morgan fingerprint density at radius 3 is 1.57 bits per heavy atom.